The summed E-state index contributed by atoms with van der Waals surface area (Å²) in [5.74, 6) is -1.98. The Labute approximate surface area is 264 Å². The zero-order chi connectivity index (χ0) is 30.8. The normalized spacial score (nSPS) is 12.0. The van der Waals surface area contributed by atoms with E-state index in [1.807, 2.05) is 13.0 Å². The van der Waals surface area contributed by atoms with Gasteiger partial charge in [-0.05, 0) is 48.4 Å². The van der Waals surface area contributed by atoms with Crippen molar-refractivity contribution >= 4 is 58.2 Å². The van der Waals surface area contributed by atoms with Crippen molar-refractivity contribution in [2.75, 3.05) is 11.1 Å². The summed E-state index contributed by atoms with van der Waals surface area (Å²) in [5.41, 5.74) is 2.90. The number of rotatable bonds is 11. The van der Waals surface area contributed by atoms with Crippen LogP contribution in [0.3, 0.4) is 0 Å². The van der Waals surface area contributed by atoms with Gasteiger partial charge >= 0.3 is 0 Å². The molecule has 0 aliphatic carbocycles. The first-order valence-corrected chi connectivity index (χ1v) is 15.0. The topological polar surface area (TPSA) is 99.1 Å². The molecule has 0 heterocycles. The van der Waals surface area contributed by atoms with Gasteiger partial charge < -0.3 is 10.6 Å². The lowest BCUT2D eigenvalue weighted by Gasteiger charge is -2.21. The highest BCUT2D eigenvalue weighted by molar-refractivity contribution is 8.03. The highest BCUT2D eigenvalue weighted by Crippen LogP contribution is 2.37. The fourth-order valence-electron chi connectivity index (χ4n) is 4.29. The largest absolute Gasteiger partial charge is 0.325 e. The third-order valence-electron chi connectivity index (χ3n) is 6.55. The Balaban J connectivity index is 1.72. The zero-order valence-electron chi connectivity index (χ0n) is 23.1. The SMILES string of the molecule is Cc1ccc(NC(=O)CS/C(NC(=O)c2ccccc2)=C(\C#N)[C@H](CC(=O)c2ccccc2)c2ccccc2Cl)cc1Cl. The van der Waals surface area contributed by atoms with Crippen LogP contribution >= 0.6 is 35.0 Å². The molecule has 4 aromatic rings. The molecule has 6 nitrogen and oxygen atoms in total. The number of nitrogens with zero attached hydrogens (tertiary/aromatic N) is 1. The first-order valence-electron chi connectivity index (χ1n) is 13.3. The molecule has 4 aromatic carbocycles. The minimum Gasteiger partial charge on any atom is -0.325 e. The van der Waals surface area contributed by atoms with Gasteiger partial charge in [-0.3, -0.25) is 14.4 Å². The lowest BCUT2D eigenvalue weighted by Crippen LogP contribution is -2.25. The first-order chi connectivity index (χ1) is 20.8. The van der Waals surface area contributed by atoms with Crippen molar-refractivity contribution in [3.05, 3.63) is 146 Å². The molecule has 0 saturated heterocycles. The van der Waals surface area contributed by atoms with E-state index in [2.05, 4.69) is 16.7 Å². The molecule has 4 rings (SSSR count). The average Bonchev–Trinajstić information content (AvgIpc) is 3.02. The molecule has 0 aromatic heterocycles. The molecule has 0 aliphatic rings. The average molecular weight is 629 g/mol. The number of allylic oxidation sites excluding steroid dienone is 1. The second kappa shape index (κ2) is 15.2. The molecule has 216 valence electrons. The number of hydrogen-bond donors (Lipinski definition) is 2. The quantitative estimate of drug-likeness (QED) is 0.129. The number of carbonyl (C=O) groups is 3. The van der Waals surface area contributed by atoms with Gasteiger partial charge in [-0.15, -0.1) is 0 Å². The Morgan fingerprint density at radius 3 is 2.09 bits per heavy atom. The molecule has 0 spiro atoms. The third kappa shape index (κ3) is 8.59. The molecule has 0 saturated carbocycles. The summed E-state index contributed by atoms with van der Waals surface area (Å²) in [6, 6.07) is 31.6. The molecular weight excluding hydrogens is 601 g/mol. The van der Waals surface area contributed by atoms with E-state index in [9.17, 15) is 19.6 Å². The van der Waals surface area contributed by atoms with Crippen LogP contribution in [0.5, 0.6) is 0 Å². The van der Waals surface area contributed by atoms with Gasteiger partial charge in [0, 0.05) is 39.2 Å². The van der Waals surface area contributed by atoms with Crippen LogP contribution in [0.25, 0.3) is 0 Å². The van der Waals surface area contributed by atoms with E-state index in [1.54, 1.807) is 97.1 Å². The molecule has 0 unspecified atom stereocenters. The van der Waals surface area contributed by atoms with E-state index in [1.165, 1.54) is 0 Å². The van der Waals surface area contributed by atoms with Crippen molar-refractivity contribution in [2.24, 2.45) is 0 Å². The number of amides is 2. The first kappa shape index (κ1) is 31.6. The Kier molecular flexibility index (Phi) is 11.2. The summed E-state index contributed by atoms with van der Waals surface area (Å²) in [5, 5.41) is 17.2. The number of anilines is 1. The molecule has 9 heteroatoms. The van der Waals surface area contributed by atoms with Crippen molar-refractivity contribution in [3.63, 3.8) is 0 Å². The van der Waals surface area contributed by atoms with E-state index >= 15 is 0 Å². The monoisotopic (exact) mass is 627 g/mol. The number of aryl methyl sites for hydroxylation is 1. The van der Waals surface area contributed by atoms with E-state index < -0.39 is 11.8 Å². The number of hydrogen-bond acceptors (Lipinski definition) is 5. The van der Waals surface area contributed by atoms with Crippen LogP contribution in [0.4, 0.5) is 5.69 Å². The number of nitrogens with one attached hydrogen (secondary N) is 2. The van der Waals surface area contributed by atoms with Crippen LogP contribution in [0, 0.1) is 18.3 Å². The Morgan fingerprint density at radius 1 is 0.837 bits per heavy atom. The number of Topliss-reactive ketones (excluding diaryl/α,β-unsaturated/α-hetero) is 1. The third-order valence-corrected chi connectivity index (χ3v) is 8.31. The smallest absolute Gasteiger partial charge is 0.256 e. The van der Waals surface area contributed by atoms with Crippen molar-refractivity contribution in [3.8, 4) is 6.07 Å². The molecule has 2 N–H and O–H groups in total. The fraction of sp³-hybridized carbons (Fsp3) is 0.118. The van der Waals surface area contributed by atoms with Crippen LogP contribution in [0.2, 0.25) is 10.0 Å². The molecule has 2 amide bonds. The van der Waals surface area contributed by atoms with E-state index in [0.29, 0.717) is 32.4 Å². The van der Waals surface area contributed by atoms with Gasteiger partial charge in [0.15, 0.2) is 5.78 Å². The van der Waals surface area contributed by atoms with Gasteiger partial charge in [-0.25, -0.2) is 0 Å². The maximum absolute atomic E-state index is 13.4. The summed E-state index contributed by atoms with van der Waals surface area (Å²) >= 11 is 13.8. The summed E-state index contributed by atoms with van der Waals surface area (Å²) in [4.78, 5) is 39.6. The van der Waals surface area contributed by atoms with E-state index in [-0.39, 0.29) is 34.5 Å². The van der Waals surface area contributed by atoms with Crippen LogP contribution in [-0.2, 0) is 4.79 Å². The second-order valence-corrected chi connectivity index (χ2v) is 11.3. The van der Waals surface area contributed by atoms with E-state index in [4.69, 9.17) is 23.2 Å². The number of ketones is 1. The van der Waals surface area contributed by atoms with Crippen LogP contribution in [0.15, 0.2) is 114 Å². The highest BCUT2D eigenvalue weighted by atomic mass is 35.5. The van der Waals surface area contributed by atoms with Gasteiger partial charge in [0.25, 0.3) is 5.91 Å². The maximum Gasteiger partial charge on any atom is 0.256 e. The van der Waals surface area contributed by atoms with Crippen LogP contribution < -0.4 is 10.6 Å². The summed E-state index contributed by atoms with van der Waals surface area (Å²) < 4.78 is 0. The fourth-order valence-corrected chi connectivity index (χ4v) is 5.59. The second-order valence-electron chi connectivity index (χ2n) is 9.54. The molecule has 1 atom stereocenters. The minimum atomic E-state index is -0.802. The molecular formula is C34H27Cl2N3O3S. The van der Waals surface area contributed by atoms with E-state index in [0.717, 1.165) is 17.3 Å². The lowest BCUT2D eigenvalue weighted by molar-refractivity contribution is -0.113. The number of thioether (sulfide) groups is 1. The Morgan fingerprint density at radius 2 is 1.47 bits per heavy atom. The summed E-state index contributed by atoms with van der Waals surface area (Å²) in [7, 11) is 0. The van der Waals surface area contributed by atoms with Gasteiger partial charge in [0.05, 0.1) is 22.4 Å². The standard InChI is InChI=1S/C34H27Cl2N3O3S/c1-22-16-17-25(18-30(22)36)38-32(41)21-43-34(39-33(42)24-12-6-3-7-13-24)28(20-37)27(26-14-8-9-15-29(26)35)19-31(40)23-10-4-2-5-11-23/h2-18,27H,19,21H2,1H3,(H,38,41)(H,39,42)/b34-28+/t27-/m1/s1. The van der Waals surface area contributed by atoms with Crippen molar-refractivity contribution in [2.45, 2.75) is 19.3 Å². The van der Waals surface area contributed by atoms with Crippen LogP contribution in [-0.4, -0.2) is 23.4 Å². The molecule has 0 fully saturated rings. The molecule has 0 radical (unpaired) electrons. The summed E-state index contributed by atoms with van der Waals surface area (Å²) in [6.07, 6.45) is -0.0873. The van der Waals surface area contributed by atoms with Crippen molar-refractivity contribution in [1.29, 1.82) is 5.26 Å². The van der Waals surface area contributed by atoms with Crippen LogP contribution in [0.1, 0.15) is 44.2 Å². The van der Waals surface area contributed by atoms with Gasteiger partial charge in [0.2, 0.25) is 5.91 Å². The lowest BCUT2D eigenvalue weighted by atomic mass is 9.86. The zero-order valence-corrected chi connectivity index (χ0v) is 25.5. The summed E-state index contributed by atoms with van der Waals surface area (Å²) in [6.45, 7) is 1.86. The van der Waals surface area contributed by atoms with Crippen molar-refractivity contribution in [1.82, 2.24) is 5.32 Å². The number of benzene rings is 4. The predicted molar refractivity (Wildman–Crippen MR) is 173 cm³/mol. The number of carbonyl (C=O) groups excluding carboxylic acids is 3. The minimum absolute atomic E-state index is 0.0873. The number of halogens is 2. The highest BCUT2D eigenvalue weighted by Gasteiger charge is 2.28. The Hall–Kier alpha value is -4.35. The molecule has 0 aliphatic heterocycles. The van der Waals surface area contributed by atoms with Gasteiger partial charge in [-0.1, -0.05) is 108 Å². The number of nitriles is 1. The molecule has 43 heavy (non-hydrogen) atoms. The Bertz CT molecular complexity index is 1700. The van der Waals surface area contributed by atoms with Crippen molar-refractivity contribution < 1.29 is 14.4 Å². The van der Waals surface area contributed by atoms with Gasteiger partial charge in [0.1, 0.15) is 0 Å². The molecule has 0 bridgehead atoms. The maximum atomic E-state index is 13.4. The predicted octanol–water partition coefficient (Wildman–Crippen LogP) is 8.20. The van der Waals surface area contributed by atoms with Gasteiger partial charge in [-0.2, -0.15) is 5.26 Å².